The second kappa shape index (κ2) is 8.59. The molecule has 0 spiro atoms. The number of benzene rings is 2. The smallest absolute Gasteiger partial charge is 0.0806 e. The number of aliphatic hydroxyl groups is 2. The first-order chi connectivity index (χ1) is 12.2. The second-order valence-corrected chi connectivity index (χ2v) is 7.00. The molecule has 0 bridgehead atoms. The average Bonchev–Trinajstić information content (AvgIpc) is 2.91. The van der Waals surface area contributed by atoms with Gasteiger partial charge >= 0.3 is 0 Å². The Morgan fingerprint density at radius 1 is 0.720 bits per heavy atom. The Labute approximate surface area is 149 Å². The van der Waals surface area contributed by atoms with Gasteiger partial charge in [0, 0.05) is 5.41 Å². The summed E-state index contributed by atoms with van der Waals surface area (Å²) in [4.78, 5) is 0. The molecule has 3 rings (SSSR count). The van der Waals surface area contributed by atoms with E-state index < -0.39 is 12.2 Å². The fourth-order valence-electron chi connectivity index (χ4n) is 3.44. The van der Waals surface area contributed by atoms with E-state index >= 15 is 0 Å². The summed E-state index contributed by atoms with van der Waals surface area (Å²) in [6, 6.07) is 20.0. The summed E-state index contributed by atoms with van der Waals surface area (Å²) in [7, 11) is 0. The topological polar surface area (TPSA) is 58.9 Å². The van der Waals surface area contributed by atoms with Crippen molar-refractivity contribution in [3.05, 3.63) is 71.8 Å². The number of aliphatic hydroxyl groups excluding tert-OH is 2. The summed E-state index contributed by atoms with van der Waals surface area (Å²) in [6.45, 7) is 1.97. The van der Waals surface area contributed by atoms with Crippen molar-refractivity contribution in [2.24, 2.45) is 5.41 Å². The van der Waals surface area contributed by atoms with E-state index in [2.05, 4.69) is 0 Å². The first-order valence-corrected chi connectivity index (χ1v) is 8.76. The molecule has 1 aliphatic rings. The molecule has 2 N–H and O–H groups in total. The molecule has 2 atom stereocenters. The molecule has 2 aromatic rings. The molecule has 2 unspecified atom stereocenters. The number of hydrogen-bond donors (Lipinski definition) is 2. The van der Waals surface area contributed by atoms with Gasteiger partial charge in [-0.25, -0.2) is 0 Å². The van der Waals surface area contributed by atoms with Crippen LogP contribution in [0.5, 0.6) is 0 Å². The maximum absolute atomic E-state index is 10.0. The predicted octanol–water partition coefficient (Wildman–Crippen LogP) is 2.92. The first-order valence-electron chi connectivity index (χ1n) is 8.76. The fraction of sp³-hybridized carbons (Fsp3) is 0.429. The zero-order valence-electron chi connectivity index (χ0n) is 14.4. The zero-order valence-corrected chi connectivity index (χ0v) is 14.4. The number of hydrogen-bond acceptors (Lipinski definition) is 4. The molecule has 4 nitrogen and oxygen atoms in total. The lowest BCUT2D eigenvalue weighted by molar-refractivity contribution is -0.0366. The summed E-state index contributed by atoms with van der Waals surface area (Å²) in [5.74, 6) is 0. The summed E-state index contributed by atoms with van der Waals surface area (Å²) < 4.78 is 11.8. The lowest BCUT2D eigenvalue weighted by Crippen LogP contribution is -2.30. The molecule has 1 fully saturated rings. The minimum atomic E-state index is -0.708. The summed E-state index contributed by atoms with van der Waals surface area (Å²) in [5.41, 5.74) is 1.88. The van der Waals surface area contributed by atoms with E-state index in [1.807, 2.05) is 60.7 Å². The highest BCUT2D eigenvalue weighted by Gasteiger charge is 2.44. The molecule has 4 heteroatoms. The highest BCUT2D eigenvalue weighted by atomic mass is 16.5. The zero-order chi connectivity index (χ0) is 17.5. The summed E-state index contributed by atoms with van der Waals surface area (Å²) in [6.07, 6.45) is -0.420. The number of ether oxygens (including phenoxy) is 2. The van der Waals surface area contributed by atoms with Crippen molar-refractivity contribution in [3.63, 3.8) is 0 Å². The number of rotatable bonds is 8. The maximum atomic E-state index is 10.0. The van der Waals surface area contributed by atoms with Gasteiger partial charge in [-0.15, -0.1) is 0 Å². The molecule has 1 aliphatic carbocycles. The van der Waals surface area contributed by atoms with Crippen LogP contribution in [0.25, 0.3) is 0 Å². The van der Waals surface area contributed by atoms with Crippen molar-refractivity contribution in [1.82, 2.24) is 0 Å². The van der Waals surface area contributed by atoms with Crippen LogP contribution >= 0.6 is 0 Å². The van der Waals surface area contributed by atoms with Crippen LogP contribution in [0.1, 0.15) is 24.0 Å². The standard InChI is InChI=1S/C21H26O4/c22-19-11-21(12-20(19)23,15-24-13-17-7-3-1-4-8-17)16-25-14-18-9-5-2-6-10-18/h1-10,19-20,22-23H,11-16H2. The first kappa shape index (κ1) is 18.1. The van der Waals surface area contributed by atoms with E-state index in [0.29, 0.717) is 39.3 Å². The molecule has 1 saturated carbocycles. The second-order valence-electron chi connectivity index (χ2n) is 7.00. The summed E-state index contributed by atoms with van der Waals surface area (Å²) in [5, 5.41) is 20.0. The van der Waals surface area contributed by atoms with Crippen LogP contribution in [0, 0.1) is 5.41 Å². The van der Waals surface area contributed by atoms with Gasteiger partial charge in [-0.1, -0.05) is 60.7 Å². The van der Waals surface area contributed by atoms with Gasteiger partial charge in [0.1, 0.15) is 0 Å². The third-order valence-electron chi connectivity index (χ3n) is 4.77. The normalized spacial score (nSPS) is 22.2. The molecule has 0 aliphatic heterocycles. The molecular weight excluding hydrogens is 316 g/mol. The molecule has 25 heavy (non-hydrogen) atoms. The van der Waals surface area contributed by atoms with Crippen LogP contribution in [0.15, 0.2) is 60.7 Å². The van der Waals surface area contributed by atoms with Crippen LogP contribution in [-0.2, 0) is 22.7 Å². The average molecular weight is 342 g/mol. The van der Waals surface area contributed by atoms with E-state index in [0.717, 1.165) is 11.1 Å². The van der Waals surface area contributed by atoms with Gasteiger partial charge in [0.05, 0.1) is 38.6 Å². The molecule has 0 radical (unpaired) electrons. The van der Waals surface area contributed by atoms with Crippen LogP contribution in [-0.4, -0.2) is 35.6 Å². The molecule has 0 amide bonds. The van der Waals surface area contributed by atoms with E-state index in [-0.39, 0.29) is 5.41 Å². The minimum Gasteiger partial charge on any atom is -0.390 e. The van der Waals surface area contributed by atoms with Crippen molar-refractivity contribution in [2.45, 2.75) is 38.3 Å². The predicted molar refractivity (Wildman–Crippen MR) is 95.9 cm³/mol. The molecule has 134 valence electrons. The Morgan fingerprint density at radius 3 is 1.52 bits per heavy atom. The summed E-state index contributed by atoms with van der Waals surface area (Å²) >= 11 is 0. The molecule has 0 saturated heterocycles. The third-order valence-corrected chi connectivity index (χ3v) is 4.77. The van der Waals surface area contributed by atoms with Gasteiger partial charge in [0.15, 0.2) is 0 Å². The lowest BCUT2D eigenvalue weighted by atomic mass is 9.88. The monoisotopic (exact) mass is 342 g/mol. The van der Waals surface area contributed by atoms with Gasteiger partial charge in [-0.3, -0.25) is 0 Å². The van der Waals surface area contributed by atoms with E-state index in [1.54, 1.807) is 0 Å². The van der Waals surface area contributed by atoms with Gasteiger partial charge in [-0.05, 0) is 24.0 Å². The largest absolute Gasteiger partial charge is 0.390 e. The van der Waals surface area contributed by atoms with E-state index in [1.165, 1.54) is 0 Å². The fourth-order valence-corrected chi connectivity index (χ4v) is 3.44. The van der Waals surface area contributed by atoms with Crippen molar-refractivity contribution in [1.29, 1.82) is 0 Å². The third kappa shape index (κ3) is 5.13. The Hall–Kier alpha value is -1.72. The van der Waals surface area contributed by atoms with Gasteiger partial charge in [0.25, 0.3) is 0 Å². The highest BCUT2D eigenvalue weighted by Crippen LogP contribution is 2.39. The van der Waals surface area contributed by atoms with Crippen LogP contribution in [0.2, 0.25) is 0 Å². The van der Waals surface area contributed by atoms with Crippen LogP contribution < -0.4 is 0 Å². The maximum Gasteiger partial charge on any atom is 0.0806 e. The Bertz CT molecular complexity index is 571. The lowest BCUT2D eigenvalue weighted by Gasteiger charge is -2.28. The minimum absolute atomic E-state index is 0.345. The Morgan fingerprint density at radius 2 is 1.12 bits per heavy atom. The van der Waals surface area contributed by atoms with Crippen molar-refractivity contribution in [2.75, 3.05) is 13.2 Å². The van der Waals surface area contributed by atoms with Crippen molar-refractivity contribution in [3.8, 4) is 0 Å². The van der Waals surface area contributed by atoms with Gasteiger partial charge in [0.2, 0.25) is 0 Å². The van der Waals surface area contributed by atoms with Crippen molar-refractivity contribution >= 4 is 0 Å². The van der Waals surface area contributed by atoms with Crippen LogP contribution in [0.4, 0.5) is 0 Å². The Kier molecular flexibility index (Phi) is 6.21. The Balaban J connectivity index is 1.54. The molecule has 0 aromatic heterocycles. The molecule has 2 aromatic carbocycles. The van der Waals surface area contributed by atoms with E-state index in [9.17, 15) is 10.2 Å². The van der Waals surface area contributed by atoms with Crippen molar-refractivity contribution < 1.29 is 19.7 Å². The van der Waals surface area contributed by atoms with Gasteiger partial charge < -0.3 is 19.7 Å². The highest BCUT2D eigenvalue weighted by molar-refractivity contribution is 5.14. The van der Waals surface area contributed by atoms with Gasteiger partial charge in [-0.2, -0.15) is 0 Å². The quantitative estimate of drug-likeness (QED) is 0.774. The molecule has 0 heterocycles. The van der Waals surface area contributed by atoms with E-state index in [4.69, 9.17) is 9.47 Å². The SMILES string of the molecule is OC1CC(COCc2ccccc2)(COCc2ccccc2)CC1O. The van der Waals surface area contributed by atoms with Crippen LogP contribution in [0.3, 0.4) is 0 Å². The molecular formula is C21H26O4.